The van der Waals surface area contributed by atoms with Gasteiger partial charge in [0, 0.05) is 0 Å². The maximum absolute atomic E-state index is 10.6. The molecule has 3 heteroatoms. The molecule has 1 rings (SSSR count). The van der Waals surface area contributed by atoms with Crippen LogP contribution in [0.15, 0.2) is 11.6 Å². The molecule has 3 nitrogen and oxygen atoms in total. The number of nitriles is 1. The third kappa shape index (κ3) is 2.88. The van der Waals surface area contributed by atoms with Crippen LogP contribution >= 0.6 is 0 Å². The van der Waals surface area contributed by atoms with Crippen LogP contribution < -0.4 is 0 Å². The molecular formula is C11H15NO2. The van der Waals surface area contributed by atoms with Gasteiger partial charge >= 0.3 is 5.97 Å². The number of carbonyl (C=O) groups is 1. The van der Waals surface area contributed by atoms with Gasteiger partial charge < -0.3 is 5.11 Å². The fraction of sp³-hybridized carbons (Fsp3) is 0.636. The molecule has 14 heavy (non-hydrogen) atoms. The smallest absolute Gasteiger partial charge is 0.346 e. The standard InChI is InChI=1S/C11H15NO2/c1-8-3-2-4-9(5-8)6-10(7-12)11(13)14/h6,8-9H,2-5H2,1H3,(H,13,14)/b10-6-. The molecule has 1 aliphatic carbocycles. The Balaban J connectivity index is 2.65. The minimum atomic E-state index is -1.11. The SMILES string of the molecule is CC1CCCC(/C=C(/C#N)C(=O)O)C1. The molecule has 0 radical (unpaired) electrons. The minimum Gasteiger partial charge on any atom is -0.477 e. The molecule has 0 aliphatic heterocycles. The molecule has 0 heterocycles. The van der Waals surface area contributed by atoms with E-state index in [1.54, 1.807) is 12.1 Å². The number of aliphatic carboxylic acids is 1. The Morgan fingerprint density at radius 3 is 2.79 bits per heavy atom. The zero-order valence-electron chi connectivity index (χ0n) is 8.36. The van der Waals surface area contributed by atoms with Crippen molar-refractivity contribution in [3.05, 3.63) is 11.6 Å². The lowest BCUT2D eigenvalue weighted by Crippen LogP contribution is -2.12. The van der Waals surface area contributed by atoms with E-state index < -0.39 is 5.97 Å². The molecule has 0 amide bonds. The quantitative estimate of drug-likeness (QED) is 0.541. The maximum Gasteiger partial charge on any atom is 0.346 e. The summed E-state index contributed by atoms with van der Waals surface area (Å²) in [6.45, 7) is 2.17. The number of allylic oxidation sites excluding steroid dienone is 1. The minimum absolute atomic E-state index is 0.107. The highest BCUT2D eigenvalue weighted by atomic mass is 16.4. The number of rotatable bonds is 2. The molecule has 2 unspecified atom stereocenters. The van der Waals surface area contributed by atoms with Crippen LogP contribution in [0.1, 0.15) is 32.6 Å². The van der Waals surface area contributed by atoms with Crippen LogP contribution in [0.5, 0.6) is 0 Å². The fourth-order valence-corrected chi connectivity index (χ4v) is 2.02. The van der Waals surface area contributed by atoms with Gasteiger partial charge in [0.15, 0.2) is 0 Å². The average Bonchev–Trinajstić information content (AvgIpc) is 2.14. The van der Waals surface area contributed by atoms with Gasteiger partial charge in [0.1, 0.15) is 11.6 Å². The molecule has 1 saturated carbocycles. The second kappa shape index (κ2) is 4.80. The molecule has 0 spiro atoms. The Bertz CT molecular complexity index is 288. The summed E-state index contributed by atoms with van der Waals surface area (Å²) in [4.78, 5) is 10.6. The predicted molar refractivity (Wildman–Crippen MR) is 52.5 cm³/mol. The number of hydrogen-bond donors (Lipinski definition) is 1. The van der Waals surface area contributed by atoms with Gasteiger partial charge in [0.05, 0.1) is 0 Å². The van der Waals surface area contributed by atoms with Crippen molar-refractivity contribution >= 4 is 5.97 Å². The molecule has 0 saturated heterocycles. The summed E-state index contributed by atoms with van der Waals surface area (Å²) in [6.07, 6.45) is 6.01. The summed E-state index contributed by atoms with van der Waals surface area (Å²) in [7, 11) is 0. The third-order valence-electron chi connectivity index (χ3n) is 2.73. The number of nitrogens with zero attached hydrogens (tertiary/aromatic N) is 1. The van der Waals surface area contributed by atoms with Crippen LogP contribution in [-0.4, -0.2) is 11.1 Å². The van der Waals surface area contributed by atoms with Gasteiger partial charge in [-0.1, -0.05) is 25.8 Å². The molecule has 0 bridgehead atoms. The van der Waals surface area contributed by atoms with E-state index in [-0.39, 0.29) is 11.5 Å². The van der Waals surface area contributed by atoms with Crippen LogP contribution in [0.25, 0.3) is 0 Å². The highest BCUT2D eigenvalue weighted by Gasteiger charge is 2.19. The molecule has 1 fully saturated rings. The third-order valence-corrected chi connectivity index (χ3v) is 2.73. The zero-order valence-corrected chi connectivity index (χ0v) is 8.36. The van der Waals surface area contributed by atoms with Crippen LogP contribution in [0, 0.1) is 23.2 Å². The second-order valence-corrected chi connectivity index (χ2v) is 4.03. The van der Waals surface area contributed by atoms with Crippen molar-refractivity contribution in [2.24, 2.45) is 11.8 Å². The van der Waals surface area contributed by atoms with Gasteiger partial charge in [-0.2, -0.15) is 5.26 Å². The van der Waals surface area contributed by atoms with Crippen molar-refractivity contribution in [1.29, 1.82) is 5.26 Å². The van der Waals surface area contributed by atoms with E-state index in [1.807, 2.05) is 0 Å². The molecule has 2 atom stereocenters. The number of carboxylic acids is 1. The lowest BCUT2D eigenvalue weighted by molar-refractivity contribution is -0.132. The Morgan fingerprint density at radius 2 is 2.29 bits per heavy atom. The Labute approximate surface area is 84.0 Å². The van der Waals surface area contributed by atoms with Crippen LogP contribution in [-0.2, 0) is 4.79 Å². The highest BCUT2D eigenvalue weighted by molar-refractivity contribution is 5.90. The molecule has 0 aromatic heterocycles. The zero-order chi connectivity index (χ0) is 10.6. The van der Waals surface area contributed by atoms with Crippen molar-refractivity contribution in [1.82, 2.24) is 0 Å². The van der Waals surface area contributed by atoms with E-state index in [2.05, 4.69) is 6.92 Å². The first kappa shape index (κ1) is 10.8. The van der Waals surface area contributed by atoms with E-state index in [0.29, 0.717) is 5.92 Å². The lowest BCUT2D eigenvalue weighted by Gasteiger charge is -2.24. The first-order chi connectivity index (χ1) is 6.63. The van der Waals surface area contributed by atoms with Crippen molar-refractivity contribution in [2.75, 3.05) is 0 Å². The summed E-state index contributed by atoms with van der Waals surface area (Å²) in [5.41, 5.74) is -0.107. The summed E-state index contributed by atoms with van der Waals surface area (Å²) < 4.78 is 0. The van der Waals surface area contributed by atoms with E-state index in [4.69, 9.17) is 10.4 Å². The van der Waals surface area contributed by atoms with Crippen LogP contribution in [0.2, 0.25) is 0 Å². The fourth-order valence-electron chi connectivity index (χ4n) is 2.02. The molecule has 76 valence electrons. The summed E-state index contributed by atoms with van der Waals surface area (Å²) in [5.74, 6) is -0.172. The van der Waals surface area contributed by atoms with Crippen LogP contribution in [0.3, 0.4) is 0 Å². The van der Waals surface area contributed by atoms with Gasteiger partial charge in [-0.25, -0.2) is 4.79 Å². The van der Waals surface area contributed by atoms with Gasteiger partial charge in [-0.15, -0.1) is 0 Å². The van der Waals surface area contributed by atoms with Crippen molar-refractivity contribution in [2.45, 2.75) is 32.6 Å². The normalized spacial score (nSPS) is 28.1. The molecular weight excluding hydrogens is 178 g/mol. The Kier molecular flexibility index (Phi) is 3.70. The van der Waals surface area contributed by atoms with E-state index in [1.165, 1.54) is 6.42 Å². The van der Waals surface area contributed by atoms with E-state index in [9.17, 15) is 4.79 Å². The van der Waals surface area contributed by atoms with Crippen LogP contribution in [0.4, 0.5) is 0 Å². The first-order valence-corrected chi connectivity index (χ1v) is 4.98. The maximum atomic E-state index is 10.6. The molecule has 0 aromatic rings. The summed E-state index contributed by atoms with van der Waals surface area (Å²) in [6, 6.07) is 1.73. The first-order valence-electron chi connectivity index (χ1n) is 4.98. The topological polar surface area (TPSA) is 61.1 Å². The average molecular weight is 193 g/mol. The summed E-state index contributed by atoms with van der Waals surface area (Å²) in [5, 5.41) is 17.3. The lowest BCUT2D eigenvalue weighted by atomic mass is 9.82. The number of carboxylic acid groups (broad SMARTS) is 1. The van der Waals surface area contributed by atoms with Gasteiger partial charge in [-0.05, 0) is 24.7 Å². The molecule has 1 N–H and O–H groups in total. The largest absolute Gasteiger partial charge is 0.477 e. The summed E-state index contributed by atoms with van der Waals surface area (Å²) >= 11 is 0. The van der Waals surface area contributed by atoms with E-state index in [0.717, 1.165) is 19.3 Å². The Morgan fingerprint density at radius 1 is 1.57 bits per heavy atom. The van der Waals surface area contributed by atoms with Gasteiger partial charge in [0.2, 0.25) is 0 Å². The van der Waals surface area contributed by atoms with Gasteiger partial charge in [0.25, 0.3) is 0 Å². The Hall–Kier alpha value is -1.30. The highest BCUT2D eigenvalue weighted by Crippen LogP contribution is 2.29. The van der Waals surface area contributed by atoms with Crippen molar-refractivity contribution in [3.8, 4) is 6.07 Å². The van der Waals surface area contributed by atoms with Crippen molar-refractivity contribution in [3.63, 3.8) is 0 Å². The molecule has 1 aliphatic rings. The molecule has 0 aromatic carbocycles. The second-order valence-electron chi connectivity index (χ2n) is 4.03. The van der Waals surface area contributed by atoms with Crippen molar-refractivity contribution < 1.29 is 9.90 Å². The van der Waals surface area contributed by atoms with Gasteiger partial charge in [-0.3, -0.25) is 0 Å². The monoisotopic (exact) mass is 193 g/mol. The number of hydrogen-bond acceptors (Lipinski definition) is 2. The van der Waals surface area contributed by atoms with E-state index >= 15 is 0 Å². The predicted octanol–water partition coefficient (Wildman–Crippen LogP) is 2.35.